The van der Waals surface area contributed by atoms with Crippen LogP contribution in [-0.2, 0) is 16.1 Å². The first-order chi connectivity index (χ1) is 9.49. The minimum absolute atomic E-state index is 0.0121. The predicted octanol–water partition coefficient (Wildman–Crippen LogP) is 1.29. The zero-order valence-electron chi connectivity index (χ0n) is 12.5. The maximum Gasteiger partial charge on any atom is 0.338 e. The molecule has 1 N–H and O–H groups in total. The molecule has 1 aromatic rings. The molecule has 0 saturated heterocycles. The van der Waals surface area contributed by atoms with Gasteiger partial charge in [-0.2, -0.15) is 0 Å². The molecule has 0 spiro atoms. The zero-order valence-corrected chi connectivity index (χ0v) is 12.5. The SMILES string of the molecule is CNC(=O)C(C)CN(C)Cc1ccccc1C(=O)OC. The molecule has 1 atom stereocenters. The molecular formula is C15H22N2O3. The number of benzene rings is 1. The first kappa shape index (κ1) is 16.2. The molecule has 20 heavy (non-hydrogen) atoms. The number of carbonyl (C=O) groups excluding carboxylic acids is 2. The molecule has 1 amide bonds. The molecule has 5 nitrogen and oxygen atoms in total. The number of nitrogens with one attached hydrogen (secondary N) is 1. The van der Waals surface area contributed by atoms with Crippen molar-refractivity contribution >= 4 is 11.9 Å². The van der Waals surface area contributed by atoms with Crippen molar-refractivity contribution < 1.29 is 14.3 Å². The molecule has 0 bridgehead atoms. The van der Waals surface area contributed by atoms with Crippen molar-refractivity contribution in [3.8, 4) is 0 Å². The number of rotatable bonds is 6. The fourth-order valence-corrected chi connectivity index (χ4v) is 2.12. The molecule has 1 rings (SSSR count). The molecule has 0 heterocycles. The highest BCUT2D eigenvalue weighted by Gasteiger charge is 2.16. The second kappa shape index (κ2) is 7.65. The molecule has 110 valence electrons. The van der Waals surface area contributed by atoms with Crippen molar-refractivity contribution in [2.24, 2.45) is 5.92 Å². The van der Waals surface area contributed by atoms with E-state index in [0.29, 0.717) is 18.7 Å². The van der Waals surface area contributed by atoms with Crippen LogP contribution in [0.2, 0.25) is 0 Å². The van der Waals surface area contributed by atoms with Gasteiger partial charge in [0.2, 0.25) is 5.91 Å². The summed E-state index contributed by atoms with van der Waals surface area (Å²) in [5.74, 6) is -0.429. The number of amides is 1. The van der Waals surface area contributed by atoms with Crippen molar-refractivity contribution in [2.75, 3.05) is 27.7 Å². The van der Waals surface area contributed by atoms with Crippen LogP contribution in [-0.4, -0.2) is 44.5 Å². The third kappa shape index (κ3) is 4.35. The summed E-state index contributed by atoms with van der Waals surface area (Å²) in [7, 11) is 4.93. The van der Waals surface area contributed by atoms with E-state index in [2.05, 4.69) is 5.32 Å². The van der Waals surface area contributed by atoms with Gasteiger partial charge in [-0.15, -0.1) is 0 Å². The minimum Gasteiger partial charge on any atom is -0.465 e. The van der Waals surface area contributed by atoms with Crippen LogP contribution in [0.1, 0.15) is 22.8 Å². The Morgan fingerprint density at radius 2 is 2.00 bits per heavy atom. The van der Waals surface area contributed by atoms with Gasteiger partial charge in [-0.3, -0.25) is 4.79 Å². The van der Waals surface area contributed by atoms with E-state index in [4.69, 9.17) is 4.74 Å². The number of methoxy groups -OCH3 is 1. The van der Waals surface area contributed by atoms with E-state index < -0.39 is 0 Å². The van der Waals surface area contributed by atoms with Crippen LogP contribution in [0.3, 0.4) is 0 Å². The fourth-order valence-electron chi connectivity index (χ4n) is 2.12. The molecule has 1 unspecified atom stereocenters. The molecule has 0 saturated carbocycles. The molecule has 0 aliphatic carbocycles. The zero-order chi connectivity index (χ0) is 15.1. The van der Waals surface area contributed by atoms with Crippen LogP contribution in [0.5, 0.6) is 0 Å². The number of ether oxygens (including phenoxy) is 1. The lowest BCUT2D eigenvalue weighted by Crippen LogP contribution is -2.34. The summed E-state index contributed by atoms with van der Waals surface area (Å²) < 4.78 is 4.77. The van der Waals surface area contributed by atoms with Crippen molar-refractivity contribution in [2.45, 2.75) is 13.5 Å². The van der Waals surface area contributed by atoms with E-state index in [0.717, 1.165) is 5.56 Å². The Morgan fingerprint density at radius 1 is 1.35 bits per heavy atom. The number of hydrogen-bond acceptors (Lipinski definition) is 4. The molecule has 0 aromatic heterocycles. The summed E-state index contributed by atoms with van der Waals surface area (Å²) in [6, 6.07) is 7.34. The lowest BCUT2D eigenvalue weighted by atomic mass is 10.1. The first-order valence-corrected chi connectivity index (χ1v) is 6.56. The van der Waals surface area contributed by atoms with Gasteiger partial charge in [-0.25, -0.2) is 4.79 Å². The Bertz CT molecular complexity index is 474. The van der Waals surface area contributed by atoms with Gasteiger partial charge < -0.3 is 15.0 Å². The minimum atomic E-state index is -0.339. The van der Waals surface area contributed by atoms with Crippen molar-refractivity contribution in [1.82, 2.24) is 10.2 Å². The highest BCUT2D eigenvalue weighted by Crippen LogP contribution is 2.13. The number of nitrogens with zero attached hydrogens (tertiary/aromatic N) is 1. The average Bonchev–Trinajstić information content (AvgIpc) is 2.45. The van der Waals surface area contributed by atoms with Crippen LogP contribution in [0.25, 0.3) is 0 Å². The second-order valence-corrected chi connectivity index (χ2v) is 4.86. The quantitative estimate of drug-likeness (QED) is 0.797. The summed E-state index contributed by atoms with van der Waals surface area (Å²) in [6.07, 6.45) is 0. The van der Waals surface area contributed by atoms with E-state index in [-0.39, 0.29) is 17.8 Å². The summed E-state index contributed by atoms with van der Waals surface area (Å²) in [4.78, 5) is 25.2. The monoisotopic (exact) mass is 278 g/mol. The van der Waals surface area contributed by atoms with Crippen LogP contribution >= 0.6 is 0 Å². The summed E-state index contributed by atoms with van der Waals surface area (Å²) >= 11 is 0. The van der Waals surface area contributed by atoms with Crippen molar-refractivity contribution in [1.29, 1.82) is 0 Å². The third-order valence-corrected chi connectivity index (χ3v) is 3.14. The Balaban J connectivity index is 2.73. The van der Waals surface area contributed by atoms with Gasteiger partial charge in [0.1, 0.15) is 0 Å². The van der Waals surface area contributed by atoms with E-state index >= 15 is 0 Å². The van der Waals surface area contributed by atoms with Crippen LogP contribution in [0.4, 0.5) is 0 Å². The van der Waals surface area contributed by atoms with Gasteiger partial charge >= 0.3 is 5.97 Å². The topological polar surface area (TPSA) is 58.6 Å². The van der Waals surface area contributed by atoms with Gasteiger partial charge in [0, 0.05) is 26.1 Å². The van der Waals surface area contributed by atoms with Gasteiger partial charge in [0.15, 0.2) is 0 Å². The maximum atomic E-state index is 11.7. The van der Waals surface area contributed by atoms with Crippen molar-refractivity contribution in [3.63, 3.8) is 0 Å². The Morgan fingerprint density at radius 3 is 2.60 bits per heavy atom. The molecule has 0 fully saturated rings. The average molecular weight is 278 g/mol. The van der Waals surface area contributed by atoms with Crippen LogP contribution in [0, 0.1) is 5.92 Å². The van der Waals surface area contributed by atoms with Gasteiger partial charge in [-0.1, -0.05) is 25.1 Å². The maximum absolute atomic E-state index is 11.7. The predicted molar refractivity (Wildman–Crippen MR) is 77.3 cm³/mol. The first-order valence-electron chi connectivity index (χ1n) is 6.56. The highest BCUT2D eigenvalue weighted by atomic mass is 16.5. The van der Waals surface area contributed by atoms with Gasteiger partial charge in [0.05, 0.1) is 12.7 Å². The molecular weight excluding hydrogens is 256 g/mol. The third-order valence-electron chi connectivity index (χ3n) is 3.14. The standard InChI is InChI=1S/C15H22N2O3/c1-11(14(18)16-2)9-17(3)10-12-7-5-6-8-13(12)15(19)20-4/h5-8,11H,9-10H2,1-4H3,(H,16,18). The lowest BCUT2D eigenvalue weighted by molar-refractivity contribution is -0.124. The summed E-state index contributed by atoms with van der Waals surface area (Å²) in [6.45, 7) is 3.09. The number of carbonyl (C=O) groups is 2. The summed E-state index contributed by atoms with van der Waals surface area (Å²) in [5.41, 5.74) is 1.46. The highest BCUT2D eigenvalue weighted by molar-refractivity contribution is 5.90. The molecule has 0 aliphatic rings. The van der Waals surface area contributed by atoms with Crippen LogP contribution in [0.15, 0.2) is 24.3 Å². The summed E-state index contributed by atoms with van der Waals surface area (Å²) in [5, 5.41) is 2.63. The Kier molecular flexibility index (Phi) is 6.18. The van der Waals surface area contributed by atoms with E-state index in [1.807, 2.05) is 37.1 Å². The normalized spacial score (nSPS) is 12.1. The lowest BCUT2D eigenvalue weighted by Gasteiger charge is -2.21. The van der Waals surface area contributed by atoms with Gasteiger partial charge in [-0.05, 0) is 18.7 Å². The van der Waals surface area contributed by atoms with E-state index in [1.165, 1.54) is 7.11 Å². The van der Waals surface area contributed by atoms with Crippen molar-refractivity contribution in [3.05, 3.63) is 35.4 Å². The molecule has 1 aromatic carbocycles. The second-order valence-electron chi connectivity index (χ2n) is 4.86. The number of esters is 1. The fraction of sp³-hybridized carbons (Fsp3) is 0.467. The van der Waals surface area contributed by atoms with Crippen LogP contribution < -0.4 is 5.32 Å². The Labute approximate surface area is 119 Å². The van der Waals surface area contributed by atoms with E-state index in [1.54, 1.807) is 13.1 Å². The smallest absolute Gasteiger partial charge is 0.338 e. The van der Waals surface area contributed by atoms with E-state index in [9.17, 15) is 9.59 Å². The number of hydrogen-bond donors (Lipinski definition) is 1. The Hall–Kier alpha value is -1.88. The molecule has 0 radical (unpaired) electrons. The molecule has 5 heteroatoms. The van der Waals surface area contributed by atoms with Gasteiger partial charge in [0.25, 0.3) is 0 Å². The molecule has 0 aliphatic heterocycles. The largest absolute Gasteiger partial charge is 0.465 e.